The highest BCUT2D eigenvalue weighted by Gasteiger charge is 2.17. The third kappa shape index (κ3) is 2.56. The van der Waals surface area contributed by atoms with Gasteiger partial charge in [0.05, 0.1) is 5.69 Å². The summed E-state index contributed by atoms with van der Waals surface area (Å²) in [6, 6.07) is 0. The third-order valence-corrected chi connectivity index (χ3v) is 3.67. The summed E-state index contributed by atoms with van der Waals surface area (Å²) in [6.45, 7) is 2.09. The highest BCUT2D eigenvalue weighted by atomic mass is 32.1. The molecule has 0 spiro atoms. The second-order valence-electron chi connectivity index (χ2n) is 3.89. The third-order valence-electron chi connectivity index (χ3n) is 2.60. The molecule has 0 radical (unpaired) electrons. The zero-order chi connectivity index (χ0) is 10.7. The number of unbranched alkanes of at least 4 members (excludes halogenated alkanes) is 1. The predicted molar refractivity (Wildman–Crippen MR) is 62.3 cm³/mol. The molecule has 0 saturated heterocycles. The van der Waals surface area contributed by atoms with Crippen LogP contribution in [0.3, 0.4) is 0 Å². The Morgan fingerprint density at radius 3 is 3.13 bits per heavy atom. The Morgan fingerprint density at radius 2 is 2.40 bits per heavy atom. The van der Waals surface area contributed by atoms with E-state index < -0.39 is 0 Å². The van der Waals surface area contributed by atoms with Crippen molar-refractivity contribution in [3.8, 4) is 0 Å². The number of hydrogen-bond donors (Lipinski definition) is 1. The molecule has 1 aliphatic rings. The lowest BCUT2D eigenvalue weighted by molar-refractivity contribution is -0.116. The van der Waals surface area contributed by atoms with Gasteiger partial charge in [-0.25, -0.2) is 4.98 Å². The topological polar surface area (TPSA) is 42.0 Å². The number of aryl methyl sites for hydroxylation is 2. The van der Waals surface area contributed by atoms with Gasteiger partial charge in [0, 0.05) is 11.3 Å². The SMILES string of the molecule is CCCCC(=O)Nc1nc2c(s1)CCC2. The van der Waals surface area contributed by atoms with Gasteiger partial charge in [-0.1, -0.05) is 13.3 Å². The van der Waals surface area contributed by atoms with Crippen molar-refractivity contribution in [2.24, 2.45) is 0 Å². The number of thiazole rings is 1. The number of nitrogens with zero attached hydrogens (tertiary/aromatic N) is 1. The molecule has 1 aliphatic carbocycles. The molecule has 2 rings (SSSR count). The number of anilines is 1. The van der Waals surface area contributed by atoms with Crippen molar-refractivity contribution in [2.75, 3.05) is 5.32 Å². The molecular formula is C11H16N2OS. The summed E-state index contributed by atoms with van der Waals surface area (Å²) in [6.07, 6.45) is 6.06. The molecule has 1 amide bonds. The van der Waals surface area contributed by atoms with E-state index in [1.165, 1.54) is 17.0 Å². The molecule has 15 heavy (non-hydrogen) atoms. The predicted octanol–water partition coefficient (Wildman–Crippen LogP) is 2.76. The first-order chi connectivity index (χ1) is 7.29. The fraction of sp³-hybridized carbons (Fsp3) is 0.636. The summed E-state index contributed by atoms with van der Waals surface area (Å²) in [4.78, 5) is 17.2. The quantitative estimate of drug-likeness (QED) is 0.854. The Bertz CT molecular complexity index is 338. The van der Waals surface area contributed by atoms with Crippen molar-refractivity contribution >= 4 is 22.4 Å². The van der Waals surface area contributed by atoms with Gasteiger partial charge in [0.1, 0.15) is 0 Å². The molecule has 0 aliphatic heterocycles. The molecular weight excluding hydrogens is 208 g/mol. The first-order valence-corrected chi connectivity index (χ1v) is 6.39. The lowest BCUT2D eigenvalue weighted by Gasteiger charge is -1.99. The van der Waals surface area contributed by atoms with Crippen LogP contribution in [0.5, 0.6) is 0 Å². The van der Waals surface area contributed by atoms with Crippen molar-refractivity contribution in [1.82, 2.24) is 4.98 Å². The number of fused-ring (bicyclic) bond motifs is 1. The molecule has 3 nitrogen and oxygen atoms in total. The molecule has 0 bridgehead atoms. The Labute approximate surface area is 93.9 Å². The minimum absolute atomic E-state index is 0.101. The second-order valence-corrected chi connectivity index (χ2v) is 4.98. The number of carbonyl (C=O) groups excluding carboxylic acids is 1. The smallest absolute Gasteiger partial charge is 0.226 e. The van der Waals surface area contributed by atoms with E-state index >= 15 is 0 Å². The standard InChI is InChI=1S/C11H16N2OS/c1-2-3-7-10(14)13-11-12-8-5-4-6-9(8)15-11/h2-7H2,1H3,(H,12,13,14). The summed E-state index contributed by atoms with van der Waals surface area (Å²) in [5, 5.41) is 3.67. The molecule has 4 heteroatoms. The average Bonchev–Trinajstić information content (AvgIpc) is 2.74. The number of amides is 1. The summed E-state index contributed by atoms with van der Waals surface area (Å²) in [5.74, 6) is 0.101. The Balaban J connectivity index is 1.90. The van der Waals surface area contributed by atoms with Gasteiger partial charge in [0.2, 0.25) is 5.91 Å². The van der Waals surface area contributed by atoms with Crippen LogP contribution >= 0.6 is 11.3 Å². The van der Waals surface area contributed by atoms with Crippen molar-refractivity contribution in [2.45, 2.75) is 45.4 Å². The van der Waals surface area contributed by atoms with Crippen LogP contribution in [-0.4, -0.2) is 10.9 Å². The van der Waals surface area contributed by atoms with Crippen LogP contribution in [0, 0.1) is 0 Å². The number of aromatic nitrogens is 1. The van der Waals surface area contributed by atoms with E-state index in [1.54, 1.807) is 11.3 Å². The molecule has 0 aromatic carbocycles. The molecule has 0 atom stereocenters. The zero-order valence-corrected chi connectivity index (χ0v) is 9.82. The minimum Gasteiger partial charge on any atom is -0.302 e. The van der Waals surface area contributed by atoms with E-state index in [4.69, 9.17) is 0 Å². The van der Waals surface area contributed by atoms with Gasteiger partial charge < -0.3 is 5.32 Å². The molecule has 82 valence electrons. The summed E-state index contributed by atoms with van der Waals surface area (Å²) >= 11 is 1.64. The van der Waals surface area contributed by atoms with Crippen molar-refractivity contribution in [3.05, 3.63) is 10.6 Å². The lowest BCUT2D eigenvalue weighted by Crippen LogP contribution is -2.10. The van der Waals surface area contributed by atoms with Crippen LogP contribution in [0.4, 0.5) is 5.13 Å². The fourth-order valence-corrected chi connectivity index (χ4v) is 2.83. The highest BCUT2D eigenvalue weighted by Crippen LogP contribution is 2.30. The summed E-state index contributed by atoms with van der Waals surface area (Å²) < 4.78 is 0. The van der Waals surface area contributed by atoms with Gasteiger partial charge >= 0.3 is 0 Å². The fourth-order valence-electron chi connectivity index (χ4n) is 1.76. The lowest BCUT2D eigenvalue weighted by atomic mass is 10.2. The van der Waals surface area contributed by atoms with E-state index in [-0.39, 0.29) is 5.91 Å². The Morgan fingerprint density at radius 1 is 1.53 bits per heavy atom. The zero-order valence-electron chi connectivity index (χ0n) is 9.01. The maximum atomic E-state index is 11.5. The van der Waals surface area contributed by atoms with Crippen molar-refractivity contribution in [1.29, 1.82) is 0 Å². The normalized spacial score (nSPS) is 13.9. The number of hydrogen-bond acceptors (Lipinski definition) is 3. The van der Waals surface area contributed by atoms with E-state index in [9.17, 15) is 4.79 Å². The Kier molecular flexibility index (Phi) is 3.36. The van der Waals surface area contributed by atoms with Crippen LogP contribution in [0.1, 0.15) is 43.2 Å². The van der Waals surface area contributed by atoms with Gasteiger partial charge in [-0.2, -0.15) is 0 Å². The monoisotopic (exact) mass is 224 g/mol. The Hall–Kier alpha value is -0.900. The van der Waals surface area contributed by atoms with Crippen LogP contribution in [0.2, 0.25) is 0 Å². The molecule has 1 aromatic rings. The van der Waals surface area contributed by atoms with Gasteiger partial charge in [0.15, 0.2) is 5.13 Å². The van der Waals surface area contributed by atoms with Crippen molar-refractivity contribution < 1.29 is 4.79 Å². The summed E-state index contributed by atoms with van der Waals surface area (Å²) in [5.41, 5.74) is 1.20. The van der Waals surface area contributed by atoms with E-state index in [2.05, 4.69) is 17.2 Å². The van der Waals surface area contributed by atoms with E-state index in [1.807, 2.05) is 0 Å². The van der Waals surface area contributed by atoms with Crippen LogP contribution in [0.25, 0.3) is 0 Å². The second kappa shape index (κ2) is 4.75. The molecule has 1 aromatic heterocycles. The summed E-state index contributed by atoms with van der Waals surface area (Å²) in [7, 11) is 0. The van der Waals surface area contributed by atoms with Gasteiger partial charge in [-0.15, -0.1) is 11.3 Å². The maximum Gasteiger partial charge on any atom is 0.226 e. The maximum absolute atomic E-state index is 11.5. The van der Waals surface area contributed by atoms with E-state index in [0.717, 1.165) is 30.8 Å². The average molecular weight is 224 g/mol. The largest absolute Gasteiger partial charge is 0.302 e. The van der Waals surface area contributed by atoms with Gasteiger partial charge in [-0.3, -0.25) is 4.79 Å². The highest BCUT2D eigenvalue weighted by molar-refractivity contribution is 7.15. The number of nitrogens with one attached hydrogen (secondary N) is 1. The van der Waals surface area contributed by atoms with Crippen LogP contribution in [-0.2, 0) is 17.6 Å². The van der Waals surface area contributed by atoms with Crippen molar-refractivity contribution in [3.63, 3.8) is 0 Å². The number of rotatable bonds is 4. The van der Waals surface area contributed by atoms with Crippen LogP contribution in [0.15, 0.2) is 0 Å². The molecule has 0 unspecified atom stereocenters. The van der Waals surface area contributed by atoms with Crippen LogP contribution < -0.4 is 5.32 Å². The molecule has 0 saturated carbocycles. The van der Waals surface area contributed by atoms with E-state index in [0.29, 0.717) is 6.42 Å². The first kappa shape index (κ1) is 10.6. The molecule has 1 N–H and O–H groups in total. The first-order valence-electron chi connectivity index (χ1n) is 5.58. The van der Waals surface area contributed by atoms with Gasteiger partial charge in [0.25, 0.3) is 0 Å². The molecule has 1 heterocycles. The number of carbonyl (C=O) groups is 1. The molecule has 0 fully saturated rings. The minimum atomic E-state index is 0.101. The van der Waals surface area contributed by atoms with Gasteiger partial charge in [-0.05, 0) is 25.7 Å².